The molecule has 0 aliphatic carbocycles. The van der Waals surface area contributed by atoms with Gasteiger partial charge in [0.05, 0.1) is 6.61 Å². The molecule has 0 spiro atoms. The predicted molar refractivity (Wildman–Crippen MR) is 288 cm³/mol. The van der Waals surface area contributed by atoms with E-state index in [1.54, 1.807) is 0 Å². The highest BCUT2D eigenvalue weighted by Crippen LogP contribution is 2.16. The molecule has 0 saturated carbocycles. The maximum Gasteiger partial charge on any atom is 0.306 e. The first-order valence-corrected chi connectivity index (χ1v) is 29.5. The molecule has 1 atom stereocenters. The number of esters is 2. The predicted octanol–water partition coefficient (Wildman–Crippen LogP) is 20.1. The fourth-order valence-corrected chi connectivity index (χ4v) is 8.71. The van der Waals surface area contributed by atoms with Crippen molar-refractivity contribution in [2.45, 2.75) is 322 Å². The molecule has 0 aliphatic rings. The first-order valence-electron chi connectivity index (χ1n) is 29.5. The summed E-state index contributed by atoms with van der Waals surface area (Å²) in [5, 5.41) is 0. The summed E-state index contributed by atoms with van der Waals surface area (Å²) in [4.78, 5) is 25.5. The molecule has 0 saturated heterocycles. The van der Waals surface area contributed by atoms with Crippen molar-refractivity contribution >= 4 is 11.9 Å². The highest BCUT2D eigenvalue weighted by Gasteiger charge is 2.17. The van der Waals surface area contributed by atoms with Gasteiger partial charge in [0.1, 0.15) is 6.61 Å². The van der Waals surface area contributed by atoms with E-state index in [4.69, 9.17) is 14.2 Å². The molecule has 66 heavy (non-hydrogen) atoms. The molecular weight excluding hydrogens is 813 g/mol. The van der Waals surface area contributed by atoms with Crippen molar-refractivity contribution in [1.82, 2.24) is 0 Å². The molecule has 0 rings (SSSR count). The Kier molecular flexibility index (Phi) is 55.8. The molecule has 5 nitrogen and oxygen atoms in total. The van der Waals surface area contributed by atoms with Crippen LogP contribution in [0.5, 0.6) is 0 Å². The summed E-state index contributed by atoms with van der Waals surface area (Å²) in [6.45, 7) is 7.84. The Bertz CT molecular complexity index is 1050. The minimum absolute atomic E-state index is 0.0861. The average molecular weight is 928 g/mol. The zero-order valence-corrected chi connectivity index (χ0v) is 44.7. The lowest BCUT2D eigenvalue weighted by molar-refractivity contribution is -0.163. The third-order valence-corrected chi connectivity index (χ3v) is 13.1. The molecule has 0 aromatic carbocycles. The van der Waals surface area contributed by atoms with Gasteiger partial charge in [-0.3, -0.25) is 9.59 Å². The quantitative estimate of drug-likeness (QED) is 0.0345. The van der Waals surface area contributed by atoms with Gasteiger partial charge >= 0.3 is 11.9 Å². The van der Waals surface area contributed by atoms with Crippen LogP contribution < -0.4 is 0 Å². The van der Waals surface area contributed by atoms with Gasteiger partial charge in [0, 0.05) is 19.4 Å². The Labute approximate surface area is 412 Å². The van der Waals surface area contributed by atoms with Crippen molar-refractivity contribution in [2.24, 2.45) is 0 Å². The van der Waals surface area contributed by atoms with Gasteiger partial charge in [-0.15, -0.1) is 0 Å². The Morgan fingerprint density at radius 3 is 1.05 bits per heavy atom. The molecule has 0 fully saturated rings. The third-order valence-electron chi connectivity index (χ3n) is 13.1. The lowest BCUT2D eigenvalue weighted by Gasteiger charge is -2.18. The Hall–Kier alpha value is -1.88. The van der Waals surface area contributed by atoms with Crippen molar-refractivity contribution in [3.05, 3.63) is 36.5 Å². The largest absolute Gasteiger partial charge is 0.462 e. The molecule has 0 aromatic heterocycles. The number of carbonyl (C=O) groups excluding carboxylic acids is 2. The van der Waals surface area contributed by atoms with Crippen LogP contribution in [-0.4, -0.2) is 37.9 Å². The van der Waals surface area contributed by atoms with Crippen LogP contribution in [0.3, 0.4) is 0 Å². The summed E-state index contributed by atoms with van der Waals surface area (Å²) in [7, 11) is 0. The standard InChI is InChI=1S/C61H114O5/c1-4-7-10-13-16-19-22-25-28-30-31-32-34-36-39-42-45-48-51-54-60(62)65-58-59(57-64-56-53-50-47-44-41-38-35-29-26-23-20-17-14-11-8-5-2)66-61(63)55-52-49-46-43-40-37-33-27-24-21-18-15-12-9-6-3/h16,19,25-26,28-29,59H,4-15,17-18,20-24,27,30-58H2,1-3H3/b19-16-,28-25-,29-26-. The topological polar surface area (TPSA) is 61.8 Å². The zero-order valence-electron chi connectivity index (χ0n) is 44.7. The molecule has 388 valence electrons. The van der Waals surface area contributed by atoms with E-state index in [0.29, 0.717) is 19.4 Å². The number of allylic oxidation sites excluding steroid dienone is 6. The minimum atomic E-state index is -0.537. The maximum absolute atomic E-state index is 12.9. The number of ether oxygens (including phenoxy) is 3. The van der Waals surface area contributed by atoms with Crippen LogP contribution in [-0.2, 0) is 23.8 Å². The van der Waals surface area contributed by atoms with Crippen LogP contribution >= 0.6 is 0 Å². The van der Waals surface area contributed by atoms with E-state index in [1.165, 1.54) is 238 Å². The minimum Gasteiger partial charge on any atom is -0.462 e. The van der Waals surface area contributed by atoms with Crippen LogP contribution in [0, 0.1) is 0 Å². The first-order chi connectivity index (χ1) is 32.6. The van der Waals surface area contributed by atoms with Gasteiger partial charge in [0.15, 0.2) is 6.10 Å². The van der Waals surface area contributed by atoms with Gasteiger partial charge in [0.2, 0.25) is 0 Å². The van der Waals surface area contributed by atoms with Crippen molar-refractivity contribution in [3.63, 3.8) is 0 Å². The van der Waals surface area contributed by atoms with E-state index in [1.807, 2.05) is 0 Å². The molecule has 0 amide bonds. The fourth-order valence-electron chi connectivity index (χ4n) is 8.71. The van der Waals surface area contributed by atoms with E-state index in [9.17, 15) is 9.59 Å². The van der Waals surface area contributed by atoms with E-state index < -0.39 is 6.10 Å². The number of hydrogen-bond acceptors (Lipinski definition) is 5. The summed E-state index contributed by atoms with van der Waals surface area (Å²) < 4.78 is 17.5. The lowest BCUT2D eigenvalue weighted by atomic mass is 10.0. The highest BCUT2D eigenvalue weighted by molar-refractivity contribution is 5.70. The van der Waals surface area contributed by atoms with Gasteiger partial charge in [0.25, 0.3) is 0 Å². The molecule has 0 aliphatic heterocycles. The molecule has 0 heterocycles. The van der Waals surface area contributed by atoms with Gasteiger partial charge in [-0.05, 0) is 77.0 Å². The maximum atomic E-state index is 12.9. The molecule has 0 N–H and O–H groups in total. The Morgan fingerprint density at radius 1 is 0.333 bits per heavy atom. The van der Waals surface area contributed by atoms with Gasteiger partial charge in [-0.1, -0.05) is 263 Å². The van der Waals surface area contributed by atoms with Crippen molar-refractivity contribution < 1.29 is 23.8 Å². The SMILES string of the molecule is CCCCC/C=C\C/C=C\CCCCCCCCCCCC(=O)OCC(COCCCCCCCC/C=C\CCCCCCCC)OC(=O)CCCCCCCCCCCCCCCCC. The van der Waals surface area contributed by atoms with Crippen LogP contribution in [0.1, 0.15) is 316 Å². The summed E-state index contributed by atoms with van der Waals surface area (Å²) >= 11 is 0. The van der Waals surface area contributed by atoms with E-state index in [2.05, 4.69) is 57.2 Å². The molecule has 1 unspecified atom stereocenters. The molecule has 5 heteroatoms. The van der Waals surface area contributed by atoms with E-state index in [-0.39, 0.29) is 25.2 Å². The summed E-state index contributed by atoms with van der Waals surface area (Å²) in [5.74, 6) is -0.385. The summed E-state index contributed by atoms with van der Waals surface area (Å²) in [6.07, 6.45) is 70.2. The van der Waals surface area contributed by atoms with Crippen LogP contribution in [0.2, 0.25) is 0 Å². The number of rotatable bonds is 55. The highest BCUT2D eigenvalue weighted by atomic mass is 16.6. The molecular formula is C61H114O5. The van der Waals surface area contributed by atoms with Crippen LogP contribution in [0.25, 0.3) is 0 Å². The summed E-state index contributed by atoms with van der Waals surface area (Å²) in [5.41, 5.74) is 0. The number of unbranched alkanes of at least 4 members (excludes halogenated alkanes) is 38. The third kappa shape index (κ3) is 54.7. The Balaban J connectivity index is 4.23. The second-order valence-electron chi connectivity index (χ2n) is 19.9. The number of carbonyl (C=O) groups is 2. The molecule has 0 radical (unpaired) electrons. The number of hydrogen-bond donors (Lipinski definition) is 0. The normalized spacial score (nSPS) is 12.3. The van der Waals surface area contributed by atoms with Crippen molar-refractivity contribution in [1.29, 1.82) is 0 Å². The fraction of sp³-hybridized carbons (Fsp3) is 0.869. The van der Waals surface area contributed by atoms with Crippen LogP contribution in [0.15, 0.2) is 36.5 Å². The van der Waals surface area contributed by atoms with Crippen LogP contribution in [0.4, 0.5) is 0 Å². The Morgan fingerprint density at radius 2 is 0.636 bits per heavy atom. The molecule has 0 bridgehead atoms. The van der Waals surface area contributed by atoms with Gasteiger partial charge in [-0.25, -0.2) is 0 Å². The van der Waals surface area contributed by atoms with Gasteiger partial charge < -0.3 is 14.2 Å². The van der Waals surface area contributed by atoms with Gasteiger partial charge in [-0.2, -0.15) is 0 Å². The van der Waals surface area contributed by atoms with E-state index >= 15 is 0 Å². The second kappa shape index (κ2) is 57.4. The smallest absolute Gasteiger partial charge is 0.306 e. The second-order valence-corrected chi connectivity index (χ2v) is 19.9. The van der Waals surface area contributed by atoms with Crippen molar-refractivity contribution in [2.75, 3.05) is 19.8 Å². The lowest BCUT2D eigenvalue weighted by Crippen LogP contribution is -2.30. The molecule has 0 aromatic rings. The summed E-state index contributed by atoms with van der Waals surface area (Å²) in [6, 6.07) is 0. The first kappa shape index (κ1) is 64.1. The average Bonchev–Trinajstić information content (AvgIpc) is 3.32. The van der Waals surface area contributed by atoms with E-state index in [0.717, 1.165) is 44.9 Å². The van der Waals surface area contributed by atoms with Crippen molar-refractivity contribution in [3.8, 4) is 0 Å². The zero-order chi connectivity index (χ0) is 47.7. The monoisotopic (exact) mass is 927 g/mol.